The zero-order chi connectivity index (χ0) is 16.4. The molecule has 1 aromatic carbocycles. The molecule has 0 spiro atoms. The van der Waals surface area contributed by atoms with Gasteiger partial charge in [-0.1, -0.05) is 18.2 Å². The minimum atomic E-state index is -0.0159. The second kappa shape index (κ2) is 6.16. The normalized spacial score (nSPS) is 11.2. The Labute approximate surface area is 138 Å². The van der Waals surface area contributed by atoms with Gasteiger partial charge in [0, 0.05) is 35.8 Å². The number of para-hydroxylation sites is 1. The molecule has 0 saturated carbocycles. The standard InChI is InChI=1S/C18H17N5O/c24-18(22-17-8-10-19-16-9-11-21-23(16)17)7-3-4-13-12-20-15-6-2-1-5-14(13)15/h1-2,5-6,8-12,20H,3-4,7H2,(H,22,24). The lowest BCUT2D eigenvalue weighted by atomic mass is 10.1. The summed E-state index contributed by atoms with van der Waals surface area (Å²) in [5.74, 6) is 0.625. The van der Waals surface area contributed by atoms with Crippen LogP contribution in [0.4, 0.5) is 5.82 Å². The highest BCUT2D eigenvalue weighted by Crippen LogP contribution is 2.19. The van der Waals surface area contributed by atoms with E-state index in [9.17, 15) is 4.79 Å². The van der Waals surface area contributed by atoms with Crippen molar-refractivity contribution in [3.63, 3.8) is 0 Å². The van der Waals surface area contributed by atoms with Crippen LogP contribution in [0, 0.1) is 0 Å². The summed E-state index contributed by atoms with van der Waals surface area (Å²) in [6.07, 6.45) is 7.48. The molecule has 0 bridgehead atoms. The average molecular weight is 319 g/mol. The molecule has 3 heterocycles. The molecule has 120 valence electrons. The van der Waals surface area contributed by atoms with Crippen LogP contribution in [0.1, 0.15) is 18.4 Å². The molecule has 6 heteroatoms. The van der Waals surface area contributed by atoms with Gasteiger partial charge in [0.1, 0.15) is 5.82 Å². The lowest BCUT2D eigenvalue weighted by Crippen LogP contribution is -2.14. The number of carbonyl (C=O) groups is 1. The third kappa shape index (κ3) is 2.74. The molecule has 2 N–H and O–H groups in total. The third-order valence-electron chi connectivity index (χ3n) is 4.08. The number of hydrogen-bond donors (Lipinski definition) is 2. The molecule has 24 heavy (non-hydrogen) atoms. The van der Waals surface area contributed by atoms with Crippen molar-refractivity contribution in [2.45, 2.75) is 19.3 Å². The Balaban J connectivity index is 1.38. The fraction of sp³-hybridized carbons (Fsp3) is 0.167. The van der Waals surface area contributed by atoms with E-state index in [0.717, 1.165) is 18.4 Å². The van der Waals surface area contributed by atoms with E-state index in [0.29, 0.717) is 17.9 Å². The summed E-state index contributed by atoms with van der Waals surface area (Å²) in [6.45, 7) is 0. The number of nitrogens with zero attached hydrogens (tertiary/aromatic N) is 3. The number of aromatic amines is 1. The molecule has 0 radical (unpaired) electrons. The number of aromatic nitrogens is 4. The first-order valence-corrected chi connectivity index (χ1v) is 7.95. The Morgan fingerprint density at radius 1 is 1.17 bits per heavy atom. The van der Waals surface area contributed by atoms with Crippen LogP contribution in [-0.4, -0.2) is 25.5 Å². The number of fused-ring (bicyclic) bond motifs is 2. The van der Waals surface area contributed by atoms with Gasteiger partial charge in [-0.15, -0.1) is 0 Å². The fourth-order valence-electron chi connectivity index (χ4n) is 2.91. The third-order valence-corrected chi connectivity index (χ3v) is 4.08. The first-order valence-electron chi connectivity index (χ1n) is 7.95. The van der Waals surface area contributed by atoms with E-state index in [1.54, 1.807) is 29.0 Å². The van der Waals surface area contributed by atoms with E-state index in [-0.39, 0.29) is 5.91 Å². The van der Waals surface area contributed by atoms with Crippen LogP contribution in [0.15, 0.2) is 55.0 Å². The number of H-pyrrole nitrogens is 1. The Morgan fingerprint density at radius 2 is 2.08 bits per heavy atom. The molecule has 0 unspecified atom stereocenters. The molecular weight excluding hydrogens is 302 g/mol. The van der Waals surface area contributed by atoms with Crippen molar-refractivity contribution >= 4 is 28.3 Å². The van der Waals surface area contributed by atoms with Crippen molar-refractivity contribution < 1.29 is 4.79 Å². The van der Waals surface area contributed by atoms with Crippen molar-refractivity contribution in [2.75, 3.05) is 5.32 Å². The molecule has 1 amide bonds. The largest absolute Gasteiger partial charge is 0.361 e. The van der Waals surface area contributed by atoms with Gasteiger partial charge < -0.3 is 10.3 Å². The predicted molar refractivity (Wildman–Crippen MR) is 92.9 cm³/mol. The zero-order valence-electron chi connectivity index (χ0n) is 13.1. The van der Waals surface area contributed by atoms with Gasteiger partial charge in [0.25, 0.3) is 0 Å². The Bertz CT molecular complexity index is 1000. The number of rotatable bonds is 5. The first kappa shape index (κ1) is 14.4. The number of nitrogens with one attached hydrogen (secondary N) is 2. The summed E-state index contributed by atoms with van der Waals surface area (Å²) in [6, 6.07) is 11.8. The van der Waals surface area contributed by atoms with Gasteiger partial charge in [-0.25, -0.2) is 4.98 Å². The van der Waals surface area contributed by atoms with Crippen LogP contribution in [-0.2, 0) is 11.2 Å². The van der Waals surface area contributed by atoms with Crippen LogP contribution < -0.4 is 5.32 Å². The zero-order valence-corrected chi connectivity index (χ0v) is 13.1. The number of hydrogen-bond acceptors (Lipinski definition) is 3. The van der Waals surface area contributed by atoms with E-state index in [4.69, 9.17) is 0 Å². The maximum absolute atomic E-state index is 12.2. The second-order valence-electron chi connectivity index (χ2n) is 5.69. The monoisotopic (exact) mass is 319 g/mol. The van der Waals surface area contributed by atoms with Crippen molar-refractivity contribution in [2.24, 2.45) is 0 Å². The maximum Gasteiger partial charge on any atom is 0.225 e. The molecule has 0 saturated heterocycles. The molecule has 0 aliphatic rings. The van der Waals surface area contributed by atoms with E-state index in [2.05, 4.69) is 32.5 Å². The molecule has 0 atom stereocenters. The highest BCUT2D eigenvalue weighted by Gasteiger charge is 2.08. The minimum absolute atomic E-state index is 0.0159. The highest BCUT2D eigenvalue weighted by atomic mass is 16.1. The lowest BCUT2D eigenvalue weighted by Gasteiger charge is -2.06. The predicted octanol–water partition coefficient (Wildman–Crippen LogP) is 3.17. The minimum Gasteiger partial charge on any atom is -0.361 e. The molecule has 4 rings (SSSR count). The van der Waals surface area contributed by atoms with Gasteiger partial charge >= 0.3 is 0 Å². The SMILES string of the molecule is O=C(CCCc1c[nH]c2ccccc12)Nc1ccnc2ccnn12. The van der Waals surface area contributed by atoms with Gasteiger partial charge in [-0.05, 0) is 30.5 Å². The molecule has 6 nitrogen and oxygen atoms in total. The van der Waals surface area contributed by atoms with Gasteiger partial charge in [0.15, 0.2) is 5.65 Å². The average Bonchev–Trinajstić information content (AvgIpc) is 3.23. The molecule has 4 aromatic rings. The highest BCUT2D eigenvalue weighted by molar-refractivity contribution is 5.90. The number of benzene rings is 1. The second-order valence-corrected chi connectivity index (χ2v) is 5.69. The molecule has 3 aromatic heterocycles. The van der Waals surface area contributed by atoms with Crippen molar-refractivity contribution in [1.29, 1.82) is 0 Å². The van der Waals surface area contributed by atoms with Crippen LogP contribution in [0.5, 0.6) is 0 Å². The Hall–Kier alpha value is -3.15. The van der Waals surface area contributed by atoms with Gasteiger partial charge in [0.2, 0.25) is 5.91 Å². The number of amides is 1. The smallest absolute Gasteiger partial charge is 0.225 e. The summed E-state index contributed by atoms with van der Waals surface area (Å²) >= 11 is 0. The quantitative estimate of drug-likeness (QED) is 0.593. The van der Waals surface area contributed by atoms with E-state index < -0.39 is 0 Å². The van der Waals surface area contributed by atoms with Crippen molar-refractivity contribution in [3.05, 3.63) is 60.6 Å². The topological polar surface area (TPSA) is 75.1 Å². The summed E-state index contributed by atoms with van der Waals surface area (Å²) < 4.78 is 1.62. The maximum atomic E-state index is 12.2. The summed E-state index contributed by atoms with van der Waals surface area (Å²) in [4.78, 5) is 19.6. The van der Waals surface area contributed by atoms with Gasteiger partial charge in [0.05, 0.1) is 6.20 Å². The van der Waals surface area contributed by atoms with Crippen LogP contribution in [0.2, 0.25) is 0 Å². The number of carbonyl (C=O) groups excluding carboxylic acids is 1. The van der Waals surface area contributed by atoms with Crippen molar-refractivity contribution in [1.82, 2.24) is 19.6 Å². The van der Waals surface area contributed by atoms with Crippen LogP contribution in [0.3, 0.4) is 0 Å². The molecule has 0 aliphatic heterocycles. The Kier molecular flexibility index (Phi) is 3.70. The number of anilines is 1. The summed E-state index contributed by atoms with van der Waals surface area (Å²) in [5, 5.41) is 8.29. The van der Waals surface area contributed by atoms with Crippen LogP contribution in [0.25, 0.3) is 16.6 Å². The summed E-state index contributed by atoms with van der Waals surface area (Å²) in [5.41, 5.74) is 3.10. The first-order chi connectivity index (χ1) is 11.8. The molecule has 0 fully saturated rings. The number of aryl methyl sites for hydroxylation is 1. The molecule has 0 aliphatic carbocycles. The van der Waals surface area contributed by atoms with E-state index >= 15 is 0 Å². The lowest BCUT2D eigenvalue weighted by molar-refractivity contribution is -0.116. The van der Waals surface area contributed by atoms with E-state index in [1.807, 2.05) is 18.3 Å². The molecular formula is C18H17N5O. The van der Waals surface area contributed by atoms with Gasteiger partial charge in [-0.2, -0.15) is 9.61 Å². The van der Waals surface area contributed by atoms with E-state index in [1.165, 1.54) is 10.9 Å². The van der Waals surface area contributed by atoms with Crippen molar-refractivity contribution in [3.8, 4) is 0 Å². The van der Waals surface area contributed by atoms with Crippen LogP contribution >= 0.6 is 0 Å². The Morgan fingerprint density at radius 3 is 3.04 bits per heavy atom. The summed E-state index contributed by atoms with van der Waals surface area (Å²) in [7, 11) is 0. The fourth-order valence-corrected chi connectivity index (χ4v) is 2.91. The van der Waals surface area contributed by atoms with Gasteiger partial charge in [-0.3, -0.25) is 4.79 Å².